The summed E-state index contributed by atoms with van der Waals surface area (Å²) in [6, 6.07) is -1.74. The zero-order chi connectivity index (χ0) is 23.3. The first-order valence-electron chi connectivity index (χ1n) is 9.11. The van der Waals surface area contributed by atoms with E-state index in [1.165, 1.54) is 13.1 Å². The number of aromatic nitrogens is 2. The first-order chi connectivity index (χ1) is 14.6. The van der Waals surface area contributed by atoms with Gasteiger partial charge >= 0.3 is 5.69 Å². The molecule has 0 aromatic carbocycles. The lowest BCUT2D eigenvalue weighted by atomic mass is 9.94. The van der Waals surface area contributed by atoms with Crippen LogP contribution in [0.2, 0.25) is 0 Å². The third-order valence-electron chi connectivity index (χ3n) is 4.51. The predicted molar refractivity (Wildman–Crippen MR) is 110 cm³/mol. The molecule has 6 atom stereocenters. The van der Waals surface area contributed by atoms with E-state index in [0.29, 0.717) is 0 Å². The second-order valence-corrected chi connectivity index (χ2v) is 6.74. The minimum absolute atomic E-state index is 0. The van der Waals surface area contributed by atoms with Gasteiger partial charge in [-0.1, -0.05) is 0 Å². The summed E-state index contributed by atoms with van der Waals surface area (Å²) in [7, 11) is 1.50. The van der Waals surface area contributed by atoms with Gasteiger partial charge in [0.15, 0.2) is 12.3 Å². The van der Waals surface area contributed by atoms with Crippen LogP contribution in [0.5, 0.6) is 0 Å². The van der Waals surface area contributed by atoms with Crippen LogP contribution in [0.15, 0.2) is 17.1 Å². The monoisotopic (exact) mass is 479 g/mol. The molecule has 0 radical (unpaired) electrons. The highest BCUT2D eigenvalue weighted by atomic mass is 35.5. The van der Waals surface area contributed by atoms with Crippen LogP contribution in [-0.4, -0.2) is 93.2 Å². The minimum Gasteiger partial charge on any atom is -0.394 e. The molecule has 1 saturated heterocycles. The number of hydrogen-bond donors (Lipinski definition) is 8. The molecule has 1 aromatic heterocycles. The molecule has 1 unspecified atom stereocenters. The number of nitrogens with zero attached hydrogens (tertiary/aromatic N) is 2. The average Bonchev–Trinajstić information content (AvgIpc) is 2.70. The fourth-order valence-electron chi connectivity index (χ4n) is 3.00. The maximum atomic E-state index is 12.5. The van der Waals surface area contributed by atoms with Crippen molar-refractivity contribution in [2.75, 3.05) is 25.9 Å². The first kappa shape index (κ1) is 27.2. The van der Waals surface area contributed by atoms with Gasteiger partial charge < -0.3 is 47.5 Å². The Balaban J connectivity index is 0.00000512. The Morgan fingerprint density at radius 2 is 1.97 bits per heavy atom. The van der Waals surface area contributed by atoms with Gasteiger partial charge in [-0.3, -0.25) is 19.0 Å². The molecular formula is C16H26ClN7O8. The molecule has 15 nitrogen and oxygen atoms in total. The van der Waals surface area contributed by atoms with Crippen LogP contribution in [0, 0.1) is 0 Å². The number of aliphatic hydroxyl groups is 3. The van der Waals surface area contributed by atoms with E-state index in [1.54, 1.807) is 0 Å². The first-order valence-corrected chi connectivity index (χ1v) is 9.11. The Labute approximate surface area is 187 Å². The van der Waals surface area contributed by atoms with E-state index in [4.69, 9.17) is 16.2 Å². The van der Waals surface area contributed by atoms with Gasteiger partial charge in [0.1, 0.15) is 24.1 Å². The van der Waals surface area contributed by atoms with Crippen LogP contribution in [-0.2, 0) is 19.1 Å². The highest BCUT2D eigenvalue weighted by Gasteiger charge is 2.49. The number of amides is 3. The van der Waals surface area contributed by atoms with E-state index >= 15 is 0 Å². The molecule has 180 valence electrons. The zero-order valence-corrected chi connectivity index (χ0v) is 17.7. The number of anilines is 1. The predicted octanol–water partition coefficient (Wildman–Crippen LogP) is -5.47. The van der Waals surface area contributed by atoms with Crippen LogP contribution in [0.1, 0.15) is 6.23 Å². The molecule has 1 aromatic rings. The lowest BCUT2D eigenvalue weighted by Crippen LogP contribution is -2.67. The van der Waals surface area contributed by atoms with Crippen LogP contribution >= 0.6 is 12.4 Å². The van der Waals surface area contributed by atoms with Gasteiger partial charge in [-0.25, -0.2) is 4.79 Å². The van der Waals surface area contributed by atoms with Crippen molar-refractivity contribution in [3.63, 3.8) is 0 Å². The van der Waals surface area contributed by atoms with Crippen molar-refractivity contribution in [2.24, 2.45) is 5.73 Å². The molecule has 1 aliphatic rings. The maximum absolute atomic E-state index is 12.5. The molecule has 32 heavy (non-hydrogen) atoms. The standard InChI is InChI=1S/C16H25N7O8.ClH/c1-19-4-8(25)20-6(5-24)14(29)22-9-10(26)11(27)15(31-12(9)13(18)28)23-3-2-7(17)21-16(23)30;/h2-3,6,9-12,15,19,24,26-27H,4-5H2,1H3,(H2,18,28)(H,20,25)(H,22,29)(H2,17,21,30);1H/t6?,9-,10-,11+,12-,15+;/m0./s1. The average molecular weight is 480 g/mol. The SMILES string of the molecule is CNCC(=O)NC(CO)C(=O)N[C@H]1[C@H](O)[C@@H](O)[C@H](n2ccc(N)nc2=O)O[C@@H]1C(N)=O.Cl. The highest BCUT2D eigenvalue weighted by Crippen LogP contribution is 2.27. The number of carbonyl (C=O) groups is 3. The molecule has 16 heteroatoms. The number of nitrogens with one attached hydrogen (secondary N) is 3. The normalized spacial score (nSPS) is 25.8. The topological polar surface area (TPSA) is 244 Å². The molecule has 1 aliphatic heterocycles. The summed E-state index contributed by atoms with van der Waals surface area (Å²) in [4.78, 5) is 51.6. The molecular weight excluding hydrogens is 454 g/mol. The van der Waals surface area contributed by atoms with Crippen molar-refractivity contribution in [3.05, 3.63) is 22.7 Å². The third kappa shape index (κ3) is 6.12. The number of nitrogens with two attached hydrogens (primary N) is 2. The van der Waals surface area contributed by atoms with Crippen molar-refractivity contribution >= 4 is 35.9 Å². The maximum Gasteiger partial charge on any atom is 0.351 e. The number of rotatable bonds is 8. The quantitative estimate of drug-likeness (QED) is 0.175. The van der Waals surface area contributed by atoms with Crippen molar-refractivity contribution in [1.82, 2.24) is 25.5 Å². The highest BCUT2D eigenvalue weighted by molar-refractivity contribution is 5.89. The molecule has 0 spiro atoms. The number of nitrogen functional groups attached to an aromatic ring is 1. The van der Waals surface area contributed by atoms with Crippen LogP contribution in [0.4, 0.5) is 5.82 Å². The fourth-order valence-corrected chi connectivity index (χ4v) is 3.00. The van der Waals surface area contributed by atoms with Gasteiger partial charge in [0.25, 0.3) is 0 Å². The van der Waals surface area contributed by atoms with Gasteiger partial charge in [-0.2, -0.15) is 4.98 Å². The number of aliphatic hydroxyl groups excluding tert-OH is 3. The van der Waals surface area contributed by atoms with Gasteiger partial charge in [0.05, 0.1) is 19.2 Å². The summed E-state index contributed by atoms with van der Waals surface area (Å²) >= 11 is 0. The van der Waals surface area contributed by atoms with E-state index in [-0.39, 0.29) is 24.8 Å². The van der Waals surface area contributed by atoms with E-state index in [1.807, 2.05) is 0 Å². The lowest BCUT2D eigenvalue weighted by Gasteiger charge is -2.42. The molecule has 1 fully saturated rings. The van der Waals surface area contributed by atoms with Crippen LogP contribution in [0.25, 0.3) is 0 Å². The molecule has 0 saturated carbocycles. The molecule has 0 aliphatic carbocycles. The van der Waals surface area contributed by atoms with Crippen LogP contribution < -0.4 is 33.1 Å². The Kier molecular flexibility index (Phi) is 9.95. The van der Waals surface area contributed by atoms with Gasteiger partial charge in [0.2, 0.25) is 17.7 Å². The summed E-state index contributed by atoms with van der Waals surface area (Å²) in [6.07, 6.45) is -5.72. The van der Waals surface area contributed by atoms with Gasteiger partial charge in [-0.15, -0.1) is 12.4 Å². The molecule has 2 heterocycles. The van der Waals surface area contributed by atoms with Gasteiger partial charge in [0, 0.05) is 6.20 Å². The lowest BCUT2D eigenvalue weighted by molar-refractivity contribution is -0.212. The van der Waals surface area contributed by atoms with Gasteiger partial charge in [-0.05, 0) is 13.1 Å². The third-order valence-corrected chi connectivity index (χ3v) is 4.51. The van der Waals surface area contributed by atoms with Crippen molar-refractivity contribution in [1.29, 1.82) is 0 Å². The largest absolute Gasteiger partial charge is 0.394 e. The Bertz CT molecular complexity index is 884. The van der Waals surface area contributed by atoms with E-state index < -0.39 is 66.6 Å². The van der Waals surface area contributed by atoms with E-state index in [0.717, 1.165) is 10.8 Å². The number of hydrogen-bond acceptors (Lipinski definition) is 11. The minimum atomic E-state index is -1.82. The summed E-state index contributed by atoms with van der Waals surface area (Å²) in [5.41, 5.74) is 9.81. The van der Waals surface area contributed by atoms with Crippen molar-refractivity contribution in [2.45, 2.75) is 36.6 Å². The zero-order valence-electron chi connectivity index (χ0n) is 16.9. The Hall–Kier alpha value is -2.82. The Morgan fingerprint density at radius 3 is 2.50 bits per heavy atom. The molecule has 10 N–H and O–H groups in total. The second-order valence-electron chi connectivity index (χ2n) is 6.74. The Morgan fingerprint density at radius 1 is 1.31 bits per heavy atom. The molecule has 2 rings (SSSR count). The number of halogens is 1. The molecule has 3 amide bonds. The number of likely N-dealkylation sites (N-methyl/N-ethyl adjacent to an activating group) is 1. The summed E-state index contributed by atoms with van der Waals surface area (Å²) < 4.78 is 6.21. The fraction of sp³-hybridized carbons (Fsp3) is 0.562. The second kappa shape index (κ2) is 11.7. The van der Waals surface area contributed by atoms with E-state index in [2.05, 4.69) is 20.9 Å². The van der Waals surface area contributed by atoms with E-state index in [9.17, 15) is 34.5 Å². The summed E-state index contributed by atoms with van der Waals surface area (Å²) in [5.74, 6) is -2.78. The van der Waals surface area contributed by atoms with Crippen molar-refractivity contribution < 1.29 is 34.4 Å². The number of carbonyl (C=O) groups excluding carboxylic acids is 3. The summed E-state index contributed by atoms with van der Waals surface area (Å²) in [5, 5.41) is 37.4. The van der Waals surface area contributed by atoms with Crippen molar-refractivity contribution in [3.8, 4) is 0 Å². The smallest absolute Gasteiger partial charge is 0.351 e. The summed E-state index contributed by atoms with van der Waals surface area (Å²) in [6.45, 7) is -0.919. The van der Waals surface area contributed by atoms with Crippen LogP contribution in [0.3, 0.4) is 0 Å². The number of primary amides is 1. The number of ether oxygens (including phenoxy) is 1. The molecule has 0 bridgehead atoms.